The van der Waals surface area contributed by atoms with Crippen molar-refractivity contribution < 1.29 is 4.79 Å². The van der Waals surface area contributed by atoms with Crippen LogP contribution in [0.3, 0.4) is 0 Å². The molecule has 1 aromatic carbocycles. The molecule has 6 heteroatoms. The maximum absolute atomic E-state index is 12.1. The number of carbonyl (C=O) groups is 1. The smallest absolute Gasteiger partial charge is 0.159 e. The molecular formula is C20H17N5O. The quantitative estimate of drug-likeness (QED) is 0.558. The lowest BCUT2D eigenvalue weighted by Crippen LogP contribution is -2.06. The number of benzene rings is 1. The van der Waals surface area contributed by atoms with Gasteiger partial charge in [-0.2, -0.15) is 10.2 Å². The molecule has 0 radical (unpaired) electrons. The highest BCUT2D eigenvalue weighted by Crippen LogP contribution is 2.30. The third-order valence-corrected chi connectivity index (χ3v) is 4.68. The molecule has 0 aliphatic heterocycles. The van der Waals surface area contributed by atoms with Gasteiger partial charge >= 0.3 is 0 Å². The number of aromatic nitrogens is 5. The zero-order valence-electron chi connectivity index (χ0n) is 14.1. The van der Waals surface area contributed by atoms with Gasteiger partial charge in [0.1, 0.15) is 5.78 Å². The van der Waals surface area contributed by atoms with E-state index in [0.29, 0.717) is 12.2 Å². The fourth-order valence-corrected chi connectivity index (χ4v) is 3.18. The standard InChI is InChI=1S/C20H17N5O/c26-18(14-8-9-14)13-19-22-20-7-2-6-17(25(20)23-19)15-4-1-5-16(12-15)24-11-3-10-21-24/h1-7,10-12,14H,8-9,13H2. The predicted octanol–water partition coefficient (Wildman–Crippen LogP) is 3.10. The maximum Gasteiger partial charge on any atom is 0.159 e. The van der Waals surface area contributed by atoms with Gasteiger partial charge in [0.2, 0.25) is 0 Å². The van der Waals surface area contributed by atoms with Crippen molar-refractivity contribution in [3.63, 3.8) is 0 Å². The average Bonchev–Trinajstić information content (AvgIpc) is 3.21. The second-order valence-electron chi connectivity index (χ2n) is 6.63. The van der Waals surface area contributed by atoms with E-state index >= 15 is 0 Å². The number of hydrogen-bond acceptors (Lipinski definition) is 4. The first-order chi connectivity index (χ1) is 12.8. The SMILES string of the molecule is O=C(Cc1nc2cccc(-c3cccc(-n4cccn4)c3)n2n1)C1CC1. The first kappa shape index (κ1) is 15.0. The fraction of sp³-hybridized carbons (Fsp3) is 0.200. The third kappa shape index (κ3) is 2.69. The number of nitrogens with zero attached hydrogens (tertiary/aromatic N) is 5. The van der Waals surface area contributed by atoms with Crippen LogP contribution in [0.25, 0.3) is 22.6 Å². The van der Waals surface area contributed by atoms with E-state index in [1.807, 2.05) is 57.9 Å². The van der Waals surface area contributed by atoms with Crippen LogP contribution in [0.15, 0.2) is 60.9 Å². The Morgan fingerprint density at radius 1 is 1.12 bits per heavy atom. The molecule has 128 valence electrons. The van der Waals surface area contributed by atoms with Gasteiger partial charge in [-0.1, -0.05) is 18.2 Å². The van der Waals surface area contributed by atoms with Crippen molar-refractivity contribution in [2.24, 2.45) is 5.92 Å². The number of pyridine rings is 1. The Labute approximate surface area is 150 Å². The van der Waals surface area contributed by atoms with Crippen LogP contribution >= 0.6 is 0 Å². The van der Waals surface area contributed by atoms with Gasteiger partial charge in [0, 0.05) is 23.9 Å². The van der Waals surface area contributed by atoms with E-state index in [4.69, 9.17) is 0 Å². The van der Waals surface area contributed by atoms with Crippen LogP contribution < -0.4 is 0 Å². The largest absolute Gasteiger partial charge is 0.299 e. The van der Waals surface area contributed by atoms with Crippen molar-refractivity contribution in [2.45, 2.75) is 19.3 Å². The van der Waals surface area contributed by atoms with Crippen molar-refractivity contribution >= 4 is 11.4 Å². The molecule has 1 aliphatic rings. The Balaban J connectivity index is 1.55. The molecule has 0 amide bonds. The molecule has 6 nitrogen and oxygen atoms in total. The van der Waals surface area contributed by atoms with Crippen LogP contribution in [0.2, 0.25) is 0 Å². The Kier molecular flexibility index (Phi) is 3.41. The lowest BCUT2D eigenvalue weighted by Gasteiger charge is -2.07. The molecule has 26 heavy (non-hydrogen) atoms. The summed E-state index contributed by atoms with van der Waals surface area (Å²) < 4.78 is 3.64. The number of rotatable bonds is 5. The highest BCUT2D eigenvalue weighted by molar-refractivity contribution is 5.84. The van der Waals surface area contributed by atoms with Gasteiger partial charge in [0.15, 0.2) is 11.5 Å². The van der Waals surface area contributed by atoms with Crippen LogP contribution in [0.5, 0.6) is 0 Å². The molecular weight excluding hydrogens is 326 g/mol. The van der Waals surface area contributed by atoms with E-state index in [0.717, 1.165) is 35.4 Å². The first-order valence-corrected chi connectivity index (χ1v) is 8.76. The van der Waals surface area contributed by atoms with E-state index < -0.39 is 0 Å². The van der Waals surface area contributed by atoms with Gasteiger partial charge in [-0.15, -0.1) is 0 Å². The summed E-state index contributed by atoms with van der Waals surface area (Å²) in [6.45, 7) is 0. The van der Waals surface area contributed by atoms with Crippen molar-refractivity contribution in [3.05, 3.63) is 66.7 Å². The second kappa shape index (κ2) is 5.91. The van der Waals surface area contributed by atoms with Gasteiger partial charge in [-0.25, -0.2) is 14.2 Å². The first-order valence-electron chi connectivity index (χ1n) is 8.76. The van der Waals surface area contributed by atoms with Gasteiger partial charge in [-0.3, -0.25) is 4.79 Å². The topological polar surface area (TPSA) is 65.1 Å². The normalized spacial score (nSPS) is 14.0. The minimum absolute atomic E-state index is 0.229. The molecule has 0 unspecified atom stereocenters. The van der Waals surface area contributed by atoms with Crippen molar-refractivity contribution in [1.29, 1.82) is 0 Å². The van der Waals surface area contributed by atoms with E-state index in [1.165, 1.54) is 0 Å². The van der Waals surface area contributed by atoms with Crippen molar-refractivity contribution in [2.75, 3.05) is 0 Å². The Morgan fingerprint density at radius 2 is 2.00 bits per heavy atom. The van der Waals surface area contributed by atoms with Gasteiger partial charge in [0.05, 0.1) is 17.8 Å². The Bertz CT molecular complexity index is 1090. The summed E-state index contributed by atoms with van der Waals surface area (Å²) >= 11 is 0. The Morgan fingerprint density at radius 3 is 2.81 bits per heavy atom. The highest BCUT2D eigenvalue weighted by Gasteiger charge is 2.30. The number of hydrogen-bond donors (Lipinski definition) is 0. The average molecular weight is 343 g/mol. The Hall–Kier alpha value is -3.28. The molecule has 5 rings (SSSR count). The van der Waals surface area contributed by atoms with Crippen LogP contribution in [-0.4, -0.2) is 30.2 Å². The van der Waals surface area contributed by atoms with Crippen molar-refractivity contribution in [3.8, 4) is 16.9 Å². The summed E-state index contributed by atoms with van der Waals surface area (Å²) in [4.78, 5) is 16.6. The molecule has 0 bridgehead atoms. The maximum atomic E-state index is 12.1. The second-order valence-corrected chi connectivity index (χ2v) is 6.63. The molecule has 0 saturated heterocycles. The molecule has 1 aliphatic carbocycles. The molecule has 0 atom stereocenters. The molecule has 1 saturated carbocycles. The van der Waals surface area contributed by atoms with Gasteiger partial charge < -0.3 is 0 Å². The summed E-state index contributed by atoms with van der Waals surface area (Å²) in [5.41, 5.74) is 3.70. The molecule has 3 heterocycles. The summed E-state index contributed by atoms with van der Waals surface area (Å²) in [7, 11) is 0. The minimum atomic E-state index is 0.229. The number of Topliss-reactive ketones (excluding diaryl/α,β-unsaturated/α-hetero) is 1. The molecule has 0 spiro atoms. The molecule has 0 N–H and O–H groups in total. The number of carbonyl (C=O) groups excluding carboxylic acids is 1. The number of ketones is 1. The molecule has 3 aromatic heterocycles. The summed E-state index contributed by atoms with van der Waals surface area (Å²) in [6.07, 6.45) is 6.01. The minimum Gasteiger partial charge on any atom is -0.299 e. The van der Waals surface area contributed by atoms with E-state index in [9.17, 15) is 4.79 Å². The lowest BCUT2D eigenvalue weighted by molar-refractivity contribution is -0.119. The summed E-state index contributed by atoms with van der Waals surface area (Å²) in [6, 6.07) is 15.9. The van der Waals surface area contributed by atoms with Crippen LogP contribution in [-0.2, 0) is 11.2 Å². The monoisotopic (exact) mass is 343 g/mol. The predicted molar refractivity (Wildman–Crippen MR) is 97.0 cm³/mol. The van der Waals surface area contributed by atoms with Crippen LogP contribution in [0.4, 0.5) is 0 Å². The summed E-state index contributed by atoms with van der Waals surface area (Å²) in [5, 5.41) is 8.88. The lowest BCUT2D eigenvalue weighted by atomic mass is 10.1. The third-order valence-electron chi connectivity index (χ3n) is 4.68. The van der Waals surface area contributed by atoms with Crippen molar-refractivity contribution in [1.82, 2.24) is 24.4 Å². The van der Waals surface area contributed by atoms with Gasteiger partial charge in [0.25, 0.3) is 0 Å². The van der Waals surface area contributed by atoms with E-state index in [2.05, 4.69) is 21.2 Å². The highest BCUT2D eigenvalue weighted by atomic mass is 16.1. The summed E-state index contributed by atoms with van der Waals surface area (Å²) in [5.74, 6) is 1.08. The van der Waals surface area contributed by atoms with Crippen LogP contribution in [0, 0.1) is 5.92 Å². The van der Waals surface area contributed by atoms with E-state index in [-0.39, 0.29) is 11.7 Å². The van der Waals surface area contributed by atoms with Crippen LogP contribution in [0.1, 0.15) is 18.7 Å². The van der Waals surface area contributed by atoms with Gasteiger partial charge in [-0.05, 0) is 43.2 Å². The molecule has 4 aromatic rings. The molecule has 1 fully saturated rings. The number of fused-ring (bicyclic) bond motifs is 1. The van der Waals surface area contributed by atoms with E-state index in [1.54, 1.807) is 6.20 Å². The fourth-order valence-electron chi connectivity index (χ4n) is 3.18. The zero-order valence-corrected chi connectivity index (χ0v) is 14.1. The zero-order chi connectivity index (χ0) is 17.5.